The topological polar surface area (TPSA) is 61.4 Å². The van der Waals surface area contributed by atoms with Crippen LogP contribution in [0.1, 0.15) is 20.8 Å². The molecule has 3 rings (SSSR count). The van der Waals surface area contributed by atoms with Gasteiger partial charge in [-0.3, -0.25) is 9.59 Å². The molecular weight excluding hydrogens is 310 g/mol. The molecule has 1 saturated heterocycles. The first-order chi connectivity index (χ1) is 11.2. The fraction of sp³-hybridized carbons (Fsp3) is 0.294. The Kier molecular flexibility index (Phi) is 5.05. The molecule has 2 heterocycles. The van der Waals surface area contributed by atoms with Crippen molar-refractivity contribution < 1.29 is 9.59 Å². The van der Waals surface area contributed by atoms with Gasteiger partial charge >= 0.3 is 0 Å². The summed E-state index contributed by atoms with van der Waals surface area (Å²) in [7, 11) is 0. The zero-order valence-corrected chi connectivity index (χ0v) is 13.6. The van der Waals surface area contributed by atoms with Gasteiger partial charge in [0, 0.05) is 36.6 Å². The summed E-state index contributed by atoms with van der Waals surface area (Å²) < 4.78 is 0. The highest BCUT2D eigenvalue weighted by molar-refractivity contribution is 7.09. The van der Waals surface area contributed by atoms with E-state index in [-0.39, 0.29) is 18.4 Å². The molecule has 0 radical (unpaired) electrons. The third-order valence-electron chi connectivity index (χ3n) is 3.73. The van der Waals surface area contributed by atoms with Crippen LogP contribution >= 0.6 is 11.3 Å². The lowest BCUT2D eigenvalue weighted by Crippen LogP contribution is -2.49. The highest BCUT2D eigenvalue weighted by atomic mass is 32.1. The van der Waals surface area contributed by atoms with Crippen molar-refractivity contribution in [3.63, 3.8) is 0 Å². The highest BCUT2D eigenvalue weighted by Crippen LogP contribution is 2.10. The van der Waals surface area contributed by atoms with Crippen molar-refractivity contribution in [3.05, 3.63) is 57.8 Å². The standard InChI is InChI=1S/C17H19N3O2S/c21-16-12-20(8-7-19-16)17(22)14-5-3-13(4-6-14)10-18-11-15-2-1-9-23-15/h1-6,9,18H,7-8,10-12H2,(H,19,21). The molecular formula is C17H19N3O2S. The lowest BCUT2D eigenvalue weighted by Gasteiger charge is -2.26. The first kappa shape index (κ1) is 15.7. The van der Waals surface area contributed by atoms with Gasteiger partial charge in [0.2, 0.25) is 5.91 Å². The molecule has 0 bridgehead atoms. The summed E-state index contributed by atoms with van der Waals surface area (Å²) in [4.78, 5) is 26.6. The van der Waals surface area contributed by atoms with E-state index < -0.39 is 0 Å². The molecule has 0 aliphatic carbocycles. The van der Waals surface area contributed by atoms with E-state index in [1.54, 1.807) is 16.2 Å². The van der Waals surface area contributed by atoms with Crippen LogP contribution in [-0.2, 0) is 17.9 Å². The highest BCUT2D eigenvalue weighted by Gasteiger charge is 2.21. The third-order valence-corrected chi connectivity index (χ3v) is 4.61. The molecule has 1 fully saturated rings. The number of hydrogen-bond acceptors (Lipinski definition) is 4. The Morgan fingerprint density at radius 2 is 2.04 bits per heavy atom. The van der Waals surface area contributed by atoms with Gasteiger partial charge in [-0.1, -0.05) is 18.2 Å². The van der Waals surface area contributed by atoms with Crippen molar-refractivity contribution in [1.82, 2.24) is 15.5 Å². The average molecular weight is 329 g/mol. The maximum absolute atomic E-state index is 12.4. The van der Waals surface area contributed by atoms with Gasteiger partial charge in [0.25, 0.3) is 5.91 Å². The van der Waals surface area contributed by atoms with Crippen LogP contribution in [0, 0.1) is 0 Å². The van der Waals surface area contributed by atoms with E-state index in [4.69, 9.17) is 0 Å². The van der Waals surface area contributed by atoms with Gasteiger partial charge in [-0.2, -0.15) is 0 Å². The maximum atomic E-state index is 12.4. The molecule has 0 saturated carbocycles. The Bertz CT molecular complexity index is 668. The van der Waals surface area contributed by atoms with Crippen molar-refractivity contribution in [1.29, 1.82) is 0 Å². The smallest absolute Gasteiger partial charge is 0.254 e. The van der Waals surface area contributed by atoms with E-state index in [0.717, 1.165) is 18.7 Å². The first-order valence-electron chi connectivity index (χ1n) is 7.60. The van der Waals surface area contributed by atoms with Crippen molar-refractivity contribution >= 4 is 23.2 Å². The maximum Gasteiger partial charge on any atom is 0.254 e. The molecule has 5 nitrogen and oxygen atoms in total. The summed E-state index contributed by atoms with van der Waals surface area (Å²) in [5, 5.41) is 8.17. The van der Waals surface area contributed by atoms with Crippen molar-refractivity contribution in [2.75, 3.05) is 19.6 Å². The van der Waals surface area contributed by atoms with E-state index in [1.165, 1.54) is 4.88 Å². The molecule has 120 valence electrons. The summed E-state index contributed by atoms with van der Waals surface area (Å²) in [6.07, 6.45) is 0. The molecule has 0 atom stereocenters. The van der Waals surface area contributed by atoms with Crippen LogP contribution in [0.2, 0.25) is 0 Å². The van der Waals surface area contributed by atoms with E-state index in [9.17, 15) is 9.59 Å². The molecule has 2 aromatic rings. The summed E-state index contributed by atoms with van der Waals surface area (Å²) in [6.45, 7) is 2.84. The van der Waals surface area contributed by atoms with Crippen LogP contribution in [-0.4, -0.2) is 36.3 Å². The quantitative estimate of drug-likeness (QED) is 0.876. The minimum Gasteiger partial charge on any atom is -0.353 e. The Balaban J connectivity index is 1.53. The second-order valence-electron chi connectivity index (χ2n) is 5.46. The predicted octanol–water partition coefficient (Wildman–Crippen LogP) is 1.61. The summed E-state index contributed by atoms with van der Waals surface area (Å²) in [5.41, 5.74) is 1.76. The van der Waals surface area contributed by atoms with Crippen LogP contribution in [0.4, 0.5) is 0 Å². The first-order valence-corrected chi connectivity index (χ1v) is 8.48. The number of rotatable bonds is 5. The molecule has 0 unspecified atom stereocenters. The van der Waals surface area contributed by atoms with Gasteiger partial charge in [0.15, 0.2) is 0 Å². The molecule has 1 aromatic heterocycles. The number of nitrogens with zero attached hydrogens (tertiary/aromatic N) is 1. The largest absolute Gasteiger partial charge is 0.353 e. The van der Waals surface area contributed by atoms with Crippen molar-refractivity contribution in [2.24, 2.45) is 0 Å². The van der Waals surface area contributed by atoms with Gasteiger partial charge in [-0.25, -0.2) is 0 Å². The van der Waals surface area contributed by atoms with Gasteiger partial charge in [0.05, 0.1) is 6.54 Å². The Morgan fingerprint density at radius 3 is 2.74 bits per heavy atom. The summed E-state index contributed by atoms with van der Waals surface area (Å²) in [5.74, 6) is -0.183. The van der Waals surface area contributed by atoms with Crippen LogP contribution in [0.3, 0.4) is 0 Å². The molecule has 1 aliphatic rings. The van der Waals surface area contributed by atoms with Gasteiger partial charge in [-0.05, 0) is 29.1 Å². The molecule has 2 amide bonds. The van der Waals surface area contributed by atoms with Crippen LogP contribution in [0.25, 0.3) is 0 Å². The van der Waals surface area contributed by atoms with Gasteiger partial charge < -0.3 is 15.5 Å². The molecule has 1 aromatic carbocycles. The number of thiophene rings is 1. The van der Waals surface area contributed by atoms with Crippen molar-refractivity contribution in [3.8, 4) is 0 Å². The number of piperazine rings is 1. The normalized spacial score (nSPS) is 14.6. The van der Waals surface area contributed by atoms with Crippen molar-refractivity contribution in [2.45, 2.75) is 13.1 Å². The number of carbonyl (C=O) groups excluding carboxylic acids is 2. The average Bonchev–Trinajstić information content (AvgIpc) is 3.08. The lowest BCUT2D eigenvalue weighted by atomic mass is 10.1. The second kappa shape index (κ2) is 7.39. The Morgan fingerprint density at radius 1 is 1.22 bits per heavy atom. The lowest BCUT2D eigenvalue weighted by molar-refractivity contribution is -0.123. The molecule has 6 heteroatoms. The fourth-order valence-corrected chi connectivity index (χ4v) is 3.18. The minimum atomic E-state index is -0.0982. The van der Waals surface area contributed by atoms with E-state index in [0.29, 0.717) is 18.7 Å². The zero-order chi connectivity index (χ0) is 16.1. The minimum absolute atomic E-state index is 0.0852. The summed E-state index contributed by atoms with van der Waals surface area (Å²) >= 11 is 1.74. The third kappa shape index (κ3) is 4.18. The zero-order valence-electron chi connectivity index (χ0n) is 12.7. The van der Waals surface area contributed by atoms with Crippen LogP contribution in [0.15, 0.2) is 41.8 Å². The number of carbonyl (C=O) groups is 2. The predicted molar refractivity (Wildman–Crippen MR) is 90.2 cm³/mol. The Hall–Kier alpha value is -2.18. The van der Waals surface area contributed by atoms with Crippen LogP contribution < -0.4 is 10.6 Å². The van der Waals surface area contributed by atoms with Gasteiger partial charge in [-0.15, -0.1) is 11.3 Å². The number of nitrogens with one attached hydrogen (secondary N) is 2. The second-order valence-corrected chi connectivity index (χ2v) is 6.49. The number of benzene rings is 1. The molecule has 23 heavy (non-hydrogen) atoms. The van der Waals surface area contributed by atoms with Gasteiger partial charge in [0.1, 0.15) is 0 Å². The van der Waals surface area contributed by atoms with E-state index >= 15 is 0 Å². The number of hydrogen-bond donors (Lipinski definition) is 2. The monoisotopic (exact) mass is 329 g/mol. The number of amides is 2. The molecule has 0 spiro atoms. The van der Waals surface area contributed by atoms with E-state index in [2.05, 4.69) is 22.1 Å². The SMILES string of the molecule is O=C1CN(C(=O)c2ccc(CNCc3cccs3)cc2)CCN1. The van der Waals surface area contributed by atoms with E-state index in [1.807, 2.05) is 30.3 Å². The fourth-order valence-electron chi connectivity index (χ4n) is 2.50. The molecule has 2 N–H and O–H groups in total. The molecule has 1 aliphatic heterocycles. The van der Waals surface area contributed by atoms with Crippen LogP contribution in [0.5, 0.6) is 0 Å². The summed E-state index contributed by atoms with van der Waals surface area (Å²) in [6, 6.07) is 11.7. The Labute approximate surface area is 139 Å².